The smallest absolute Gasteiger partial charge is 0.192 e. The first-order valence-corrected chi connectivity index (χ1v) is 31.8. The molecule has 19 atom stereocenters. The molecule has 66 heavy (non-hydrogen) atoms. The summed E-state index contributed by atoms with van der Waals surface area (Å²) in [6, 6.07) is 0. The summed E-state index contributed by atoms with van der Waals surface area (Å²) in [4.78, 5) is 14.6. The molecule has 14 heteroatoms. The van der Waals surface area contributed by atoms with Crippen molar-refractivity contribution < 1.29 is 56.3 Å². The lowest BCUT2D eigenvalue weighted by Gasteiger charge is -2.47. The lowest BCUT2D eigenvalue weighted by molar-refractivity contribution is -0.292. The quantitative estimate of drug-likeness (QED) is 0.170. The molecule has 10 aliphatic heterocycles. The van der Waals surface area contributed by atoms with Crippen molar-refractivity contribution in [3.8, 4) is 0 Å². The number of hydrogen-bond donors (Lipinski definition) is 0. The summed E-state index contributed by atoms with van der Waals surface area (Å²) in [5.74, 6) is -0.554. The highest BCUT2D eigenvalue weighted by molar-refractivity contribution is 6.74. The van der Waals surface area contributed by atoms with Crippen LogP contribution in [0.15, 0.2) is 24.3 Å². The van der Waals surface area contributed by atoms with E-state index in [-0.39, 0.29) is 125 Å². The van der Waals surface area contributed by atoms with E-state index < -0.39 is 22.4 Å². The largest absolute Gasteiger partial charge is 0.414 e. The lowest BCUT2D eigenvalue weighted by atomic mass is 9.81. The van der Waals surface area contributed by atoms with Gasteiger partial charge in [0.1, 0.15) is 36.3 Å². The Labute approximate surface area is 398 Å². The number of ketones is 1. The van der Waals surface area contributed by atoms with E-state index >= 15 is 0 Å². The molecule has 0 aliphatic carbocycles. The van der Waals surface area contributed by atoms with E-state index in [9.17, 15) is 4.79 Å². The molecule has 10 heterocycles. The topological polar surface area (TPSA) is 119 Å². The molecule has 0 saturated carbocycles. The molecule has 0 radical (unpaired) electrons. The first-order chi connectivity index (χ1) is 30.9. The summed E-state index contributed by atoms with van der Waals surface area (Å²) in [5.41, 5.74) is 2.25. The molecule has 10 rings (SSSR count). The van der Waals surface area contributed by atoms with E-state index in [0.717, 1.165) is 56.1 Å². The third-order valence-electron chi connectivity index (χ3n) is 18.4. The molecule has 0 aromatic rings. The number of hydrogen-bond acceptors (Lipinski definition) is 12. The first kappa shape index (κ1) is 50.1. The number of rotatable bonds is 8. The Kier molecular flexibility index (Phi) is 14.1. The maximum atomic E-state index is 14.6. The molecule has 0 aromatic carbocycles. The molecule has 1 spiro atoms. The standard InChI is InChI=1S/C52H86O12Si2/c1-29-21-33-15-17-38-30(2)22-35(56-38)19-20-52-27-43-46(62-52)47-48(61-43)49(63-52)45-39(60-47)18-16-34(58-45)23-32(53)24-37-41(26-40(57-33)31(29)3)59-42(44(37)54-10)25-36(64-66(13,14)51(7,8)9)28-55-65(11,12)50(4,5)6/h29,33-49H,2-3,15-28H2,1,4-14H3/t29?,33?,34?,35?,36?,37?,38?,39?,40?,41?,42?,43?,44-,45+,46?,47+,48?,49?,52?/m1/s1. The molecule has 0 N–H and O–H groups in total. The average Bonchev–Trinajstić information content (AvgIpc) is 3.90. The van der Waals surface area contributed by atoms with Gasteiger partial charge in [-0.15, -0.1) is 0 Å². The zero-order valence-corrected chi connectivity index (χ0v) is 44.6. The first-order valence-electron chi connectivity index (χ1n) is 25.9. The fourth-order valence-electron chi connectivity index (χ4n) is 12.4. The van der Waals surface area contributed by atoms with E-state index in [1.807, 2.05) is 0 Å². The molecular weight excluding hydrogens is 873 g/mol. The summed E-state index contributed by atoms with van der Waals surface area (Å²) in [7, 11) is -2.55. The third kappa shape index (κ3) is 9.87. The van der Waals surface area contributed by atoms with Gasteiger partial charge in [-0.3, -0.25) is 4.79 Å². The van der Waals surface area contributed by atoms with Crippen LogP contribution in [0.25, 0.3) is 0 Å². The Bertz CT molecular complexity index is 1790. The molecule has 10 fully saturated rings. The highest BCUT2D eigenvalue weighted by Crippen LogP contribution is 2.55. The van der Waals surface area contributed by atoms with Gasteiger partial charge in [0, 0.05) is 51.6 Å². The zero-order valence-electron chi connectivity index (χ0n) is 42.6. The number of carbonyl (C=O) groups is 1. The fraction of sp³-hybridized carbons (Fsp3) is 0.904. The molecule has 12 bridgehead atoms. The highest BCUT2D eigenvalue weighted by Gasteiger charge is 2.69. The van der Waals surface area contributed by atoms with Gasteiger partial charge >= 0.3 is 0 Å². The van der Waals surface area contributed by atoms with Crippen molar-refractivity contribution in [1.29, 1.82) is 0 Å². The van der Waals surface area contributed by atoms with Gasteiger partial charge in [0.25, 0.3) is 0 Å². The van der Waals surface area contributed by atoms with Crippen LogP contribution in [0.4, 0.5) is 0 Å². The van der Waals surface area contributed by atoms with E-state index in [2.05, 4.69) is 87.8 Å². The van der Waals surface area contributed by atoms with Crippen LogP contribution in [0.2, 0.25) is 36.3 Å². The number of fused-ring (bicyclic) bond motifs is 6. The number of carbonyl (C=O) groups excluding carboxylic acids is 1. The predicted molar refractivity (Wildman–Crippen MR) is 256 cm³/mol. The van der Waals surface area contributed by atoms with Crippen LogP contribution in [0.5, 0.6) is 0 Å². The highest BCUT2D eigenvalue weighted by atomic mass is 28.4. The van der Waals surface area contributed by atoms with Crippen molar-refractivity contribution in [3.63, 3.8) is 0 Å². The van der Waals surface area contributed by atoms with Crippen LogP contribution in [0, 0.1) is 11.8 Å². The van der Waals surface area contributed by atoms with Crippen molar-refractivity contribution in [3.05, 3.63) is 24.3 Å². The molecule has 10 saturated heterocycles. The van der Waals surface area contributed by atoms with Crippen LogP contribution >= 0.6 is 0 Å². The Morgan fingerprint density at radius 3 is 2.09 bits per heavy atom. The van der Waals surface area contributed by atoms with Crippen molar-refractivity contribution in [2.45, 2.75) is 272 Å². The minimum atomic E-state index is -2.22. The van der Waals surface area contributed by atoms with Gasteiger partial charge in [0.15, 0.2) is 22.4 Å². The van der Waals surface area contributed by atoms with Gasteiger partial charge in [-0.05, 0) is 98.3 Å². The molecule has 374 valence electrons. The van der Waals surface area contributed by atoms with E-state index in [1.54, 1.807) is 7.11 Å². The minimum absolute atomic E-state index is 0.00884. The van der Waals surface area contributed by atoms with Crippen molar-refractivity contribution >= 4 is 22.4 Å². The second-order valence-electron chi connectivity index (χ2n) is 25.1. The maximum absolute atomic E-state index is 14.6. The summed E-state index contributed by atoms with van der Waals surface area (Å²) in [6.07, 6.45) is 5.96. The molecule has 10 aliphatic rings. The molecular formula is C52H86O12Si2. The summed E-state index contributed by atoms with van der Waals surface area (Å²) >= 11 is 0. The Balaban J connectivity index is 0.993. The zero-order chi connectivity index (χ0) is 47.3. The Hall–Kier alpha value is -0.856. The van der Waals surface area contributed by atoms with Gasteiger partial charge < -0.3 is 51.5 Å². The van der Waals surface area contributed by atoms with Gasteiger partial charge in [0.2, 0.25) is 0 Å². The molecule has 0 aromatic heterocycles. The fourth-order valence-corrected chi connectivity index (χ4v) is 14.8. The predicted octanol–water partition coefficient (Wildman–Crippen LogP) is 9.53. The molecule has 0 amide bonds. The van der Waals surface area contributed by atoms with Crippen molar-refractivity contribution in [2.24, 2.45) is 11.8 Å². The minimum Gasteiger partial charge on any atom is -0.414 e. The summed E-state index contributed by atoms with van der Waals surface area (Å²) in [6.45, 7) is 34.8. The van der Waals surface area contributed by atoms with Crippen LogP contribution in [-0.4, -0.2) is 140 Å². The second kappa shape index (κ2) is 18.6. The lowest BCUT2D eigenvalue weighted by Crippen LogP contribution is -2.61. The Morgan fingerprint density at radius 1 is 0.697 bits per heavy atom. The van der Waals surface area contributed by atoms with Gasteiger partial charge in [-0.1, -0.05) is 61.6 Å². The maximum Gasteiger partial charge on any atom is 0.192 e. The average molecular weight is 959 g/mol. The number of Topliss-reactive ketones (excluding diaryl/α,β-unsaturated/α-hetero) is 1. The second-order valence-corrected chi connectivity index (χ2v) is 34.7. The molecule has 12 nitrogen and oxygen atoms in total. The summed E-state index contributed by atoms with van der Waals surface area (Å²) in [5, 5.41) is 0.0634. The number of methoxy groups -OCH3 is 1. The third-order valence-corrected chi connectivity index (χ3v) is 27.4. The van der Waals surface area contributed by atoms with Gasteiger partial charge in [-0.2, -0.15) is 0 Å². The van der Waals surface area contributed by atoms with E-state index in [0.29, 0.717) is 45.1 Å². The monoisotopic (exact) mass is 959 g/mol. The SMILES string of the molecule is C=C1CC2CCC34CC5OC6C(O3)[C@H]3OC(CCC3O[C@H]6C5O4)CC(=O)CC3C(CC4OC(CCC1O2)CC(C)C4=C)OC(CC(CO[Si](C)(C)C(C)(C)C)O[Si](C)(C)C(C)(C)C)[C@@H]3OC. The number of ether oxygens (including phenoxy) is 9. The van der Waals surface area contributed by atoms with E-state index in [1.165, 1.54) is 0 Å². The van der Waals surface area contributed by atoms with Crippen LogP contribution < -0.4 is 0 Å². The normalized spacial score (nSPS) is 44.9. The van der Waals surface area contributed by atoms with Crippen LogP contribution in [0.1, 0.15) is 132 Å². The van der Waals surface area contributed by atoms with Crippen LogP contribution in [-0.2, 0) is 56.3 Å². The van der Waals surface area contributed by atoms with E-state index in [4.69, 9.17) is 51.5 Å². The van der Waals surface area contributed by atoms with Gasteiger partial charge in [0.05, 0.1) is 73.8 Å². The van der Waals surface area contributed by atoms with Gasteiger partial charge in [-0.25, -0.2) is 0 Å². The Morgan fingerprint density at radius 2 is 1.36 bits per heavy atom. The summed E-state index contributed by atoms with van der Waals surface area (Å²) < 4.78 is 76.0. The molecule has 16 unspecified atom stereocenters. The van der Waals surface area contributed by atoms with Crippen molar-refractivity contribution in [1.82, 2.24) is 0 Å². The van der Waals surface area contributed by atoms with Crippen molar-refractivity contribution in [2.75, 3.05) is 13.7 Å². The van der Waals surface area contributed by atoms with Crippen LogP contribution in [0.3, 0.4) is 0 Å².